The van der Waals surface area contributed by atoms with Crippen LogP contribution < -0.4 is 0 Å². The molecule has 0 N–H and O–H groups in total. The van der Waals surface area contributed by atoms with Crippen molar-refractivity contribution in [2.24, 2.45) is 5.92 Å². The van der Waals surface area contributed by atoms with Crippen LogP contribution in [0.25, 0.3) is 10.8 Å². The Morgan fingerprint density at radius 3 is 2.58 bits per heavy atom. The van der Waals surface area contributed by atoms with Gasteiger partial charge in [0, 0.05) is 26.1 Å². The van der Waals surface area contributed by atoms with E-state index in [9.17, 15) is 9.59 Å². The zero-order chi connectivity index (χ0) is 18.7. The van der Waals surface area contributed by atoms with Gasteiger partial charge in [-0.2, -0.15) is 0 Å². The Balaban J connectivity index is 1.73. The van der Waals surface area contributed by atoms with Gasteiger partial charge in [-0.15, -0.1) is 0 Å². The fraction of sp³-hybridized carbons (Fsp3) is 0.455. The SMILES string of the molecule is CC(C)C(=O)N1CCCCC1C(=O)N(C)Cc1ccc2ccccc2c1. The molecule has 1 heterocycles. The number of piperidine rings is 1. The van der Waals surface area contributed by atoms with Crippen LogP contribution >= 0.6 is 0 Å². The molecule has 1 fully saturated rings. The molecule has 0 spiro atoms. The number of rotatable bonds is 4. The first-order chi connectivity index (χ1) is 12.5. The molecule has 3 rings (SSSR count). The lowest BCUT2D eigenvalue weighted by Gasteiger charge is -2.37. The van der Waals surface area contributed by atoms with Crippen molar-refractivity contribution in [1.82, 2.24) is 9.80 Å². The third-order valence-electron chi connectivity index (χ3n) is 5.17. The first-order valence-corrected chi connectivity index (χ1v) is 9.50. The molecule has 1 aliphatic heterocycles. The normalized spacial score (nSPS) is 17.5. The fourth-order valence-electron chi connectivity index (χ4n) is 3.73. The number of carbonyl (C=O) groups is 2. The molecule has 1 atom stereocenters. The van der Waals surface area contributed by atoms with Crippen molar-refractivity contribution in [3.05, 3.63) is 48.0 Å². The lowest BCUT2D eigenvalue weighted by atomic mass is 9.98. The third-order valence-corrected chi connectivity index (χ3v) is 5.17. The summed E-state index contributed by atoms with van der Waals surface area (Å²) in [5, 5.41) is 2.38. The molecule has 4 nitrogen and oxygen atoms in total. The summed E-state index contributed by atoms with van der Waals surface area (Å²) < 4.78 is 0. The highest BCUT2D eigenvalue weighted by molar-refractivity contribution is 5.88. The Kier molecular flexibility index (Phi) is 5.60. The van der Waals surface area contributed by atoms with Crippen LogP contribution in [-0.4, -0.2) is 41.2 Å². The molecule has 1 saturated heterocycles. The highest BCUT2D eigenvalue weighted by Gasteiger charge is 2.34. The molecule has 138 valence electrons. The molecular formula is C22H28N2O2. The smallest absolute Gasteiger partial charge is 0.245 e. The van der Waals surface area contributed by atoms with Crippen LogP contribution in [0.2, 0.25) is 0 Å². The summed E-state index contributed by atoms with van der Waals surface area (Å²) in [6.45, 7) is 5.05. The number of amides is 2. The molecule has 2 aromatic rings. The van der Waals surface area contributed by atoms with Crippen LogP contribution in [0, 0.1) is 5.92 Å². The predicted octanol–water partition coefficient (Wildman–Crippen LogP) is 3.84. The van der Waals surface area contributed by atoms with E-state index < -0.39 is 0 Å². The van der Waals surface area contributed by atoms with Gasteiger partial charge >= 0.3 is 0 Å². The summed E-state index contributed by atoms with van der Waals surface area (Å²) in [5.41, 5.74) is 1.11. The Morgan fingerprint density at radius 2 is 1.85 bits per heavy atom. The largest absolute Gasteiger partial charge is 0.340 e. The summed E-state index contributed by atoms with van der Waals surface area (Å²) >= 11 is 0. The first-order valence-electron chi connectivity index (χ1n) is 9.50. The summed E-state index contributed by atoms with van der Waals surface area (Å²) in [6.07, 6.45) is 2.75. The van der Waals surface area contributed by atoms with Crippen molar-refractivity contribution in [3.8, 4) is 0 Å². The standard InChI is InChI=1S/C22H28N2O2/c1-16(2)21(25)24-13-7-6-10-20(24)22(26)23(3)15-17-11-12-18-8-4-5-9-19(18)14-17/h4-5,8-9,11-12,14,16,20H,6-7,10,13,15H2,1-3H3. The van der Waals surface area contributed by atoms with Gasteiger partial charge in [0.25, 0.3) is 0 Å². The number of nitrogens with zero attached hydrogens (tertiary/aromatic N) is 2. The van der Waals surface area contributed by atoms with Gasteiger partial charge in [-0.25, -0.2) is 0 Å². The Hall–Kier alpha value is -2.36. The molecule has 0 aliphatic carbocycles. The van der Waals surface area contributed by atoms with Gasteiger partial charge in [0.2, 0.25) is 11.8 Å². The summed E-state index contributed by atoms with van der Waals surface area (Å²) in [5.74, 6) is 0.0585. The van der Waals surface area contributed by atoms with Gasteiger partial charge in [-0.05, 0) is 41.7 Å². The summed E-state index contributed by atoms with van der Waals surface area (Å²) in [4.78, 5) is 29.1. The van der Waals surface area contributed by atoms with Crippen molar-refractivity contribution in [1.29, 1.82) is 0 Å². The lowest BCUT2D eigenvalue weighted by Crippen LogP contribution is -2.53. The number of benzene rings is 2. The minimum absolute atomic E-state index is 0.0480. The minimum Gasteiger partial charge on any atom is -0.340 e. The summed E-state index contributed by atoms with van der Waals surface area (Å²) in [6, 6.07) is 14.2. The average Bonchev–Trinajstić information content (AvgIpc) is 2.66. The minimum atomic E-state index is -0.316. The second kappa shape index (κ2) is 7.90. The second-order valence-electron chi connectivity index (χ2n) is 7.57. The number of fused-ring (bicyclic) bond motifs is 1. The molecule has 4 heteroatoms. The quantitative estimate of drug-likeness (QED) is 0.839. The number of hydrogen-bond donors (Lipinski definition) is 0. The second-order valence-corrected chi connectivity index (χ2v) is 7.57. The van der Waals surface area contributed by atoms with Crippen molar-refractivity contribution in [2.75, 3.05) is 13.6 Å². The average molecular weight is 352 g/mol. The molecule has 0 bridgehead atoms. The monoisotopic (exact) mass is 352 g/mol. The van der Waals surface area contributed by atoms with Crippen LogP contribution in [0.4, 0.5) is 0 Å². The van der Waals surface area contributed by atoms with E-state index in [-0.39, 0.29) is 23.8 Å². The maximum absolute atomic E-state index is 13.0. The van der Waals surface area contributed by atoms with Crippen molar-refractivity contribution in [3.63, 3.8) is 0 Å². The van der Waals surface area contributed by atoms with E-state index in [1.807, 2.05) is 33.0 Å². The van der Waals surface area contributed by atoms with Gasteiger partial charge in [0.15, 0.2) is 0 Å². The van der Waals surface area contributed by atoms with Gasteiger partial charge < -0.3 is 9.80 Å². The van der Waals surface area contributed by atoms with Gasteiger partial charge in [-0.3, -0.25) is 9.59 Å². The van der Waals surface area contributed by atoms with Crippen molar-refractivity contribution < 1.29 is 9.59 Å². The van der Waals surface area contributed by atoms with Gasteiger partial charge in [-0.1, -0.05) is 50.2 Å². The number of likely N-dealkylation sites (N-methyl/N-ethyl adjacent to an activating group) is 1. The topological polar surface area (TPSA) is 40.6 Å². The van der Waals surface area contributed by atoms with Crippen LogP contribution in [0.15, 0.2) is 42.5 Å². The van der Waals surface area contributed by atoms with E-state index in [1.54, 1.807) is 9.80 Å². The maximum Gasteiger partial charge on any atom is 0.245 e. The molecular weight excluding hydrogens is 324 g/mol. The molecule has 2 amide bonds. The molecule has 2 aromatic carbocycles. The zero-order valence-corrected chi connectivity index (χ0v) is 15.9. The van der Waals surface area contributed by atoms with E-state index in [4.69, 9.17) is 0 Å². The van der Waals surface area contributed by atoms with Crippen molar-refractivity contribution in [2.45, 2.75) is 45.7 Å². The number of carbonyl (C=O) groups excluding carboxylic acids is 2. The third kappa shape index (κ3) is 3.90. The maximum atomic E-state index is 13.0. The Bertz CT molecular complexity index is 800. The fourth-order valence-corrected chi connectivity index (χ4v) is 3.73. The van der Waals surface area contributed by atoms with Gasteiger partial charge in [0.05, 0.1) is 0 Å². The molecule has 1 unspecified atom stereocenters. The highest BCUT2D eigenvalue weighted by Crippen LogP contribution is 2.22. The zero-order valence-electron chi connectivity index (χ0n) is 15.9. The Morgan fingerprint density at radius 1 is 1.12 bits per heavy atom. The van der Waals surface area contributed by atoms with E-state index in [0.717, 1.165) is 24.8 Å². The molecule has 26 heavy (non-hydrogen) atoms. The molecule has 1 aliphatic rings. The van der Waals surface area contributed by atoms with Crippen molar-refractivity contribution >= 4 is 22.6 Å². The highest BCUT2D eigenvalue weighted by atomic mass is 16.2. The van der Waals surface area contributed by atoms with E-state index in [0.29, 0.717) is 13.1 Å². The Labute approximate surface area is 155 Å². The van der Waals surface area contributed by atoms with Crippen LogP contribution in [-0.2, 0) is 16.1 Å². The number of likely N-dealkylation sites (tertiary alicyclic amines) is 1. The predicted molar refractivity (Wildman–Crippen MR) is 105 cm³/mol. The van der Waals surface area contributed by atoms with Crippen LogP contribution in [0.5, 0.6) is 0 Å². The molecule has 0 saturated carbocycles. The van der Waals surface area contributed by atoms with Gasteiger partial charge in [0.1, 0.15) is 6.04 Å². The molecule has 0 radical (unpaired) electrons. The lowest BCUT2D eigenvalue weighted by molar-refractivity contribution is -0.149. The van der Waals surface area contributed by atoms with Crippen LogP contribution in [0.3, 0.4) is 0 Å². The first kappa shape index (κ1) is 18.4. The van der Waals surface area contributed by atoms with E-state index >= 15 is 0 Å². The molecule has 0 aromatic heterocycles. The van der Waals surface area contributed by atoms with E-state index in [1.165, 1.54) is 10.8 Å². The van der Waals surface area contributed by atoms with E-state index in [2.05, 4.69) is 30.3 Å². The summed E-state index contributed by atoms with van der Waals surface area (Å²) in [7, 11) is 1.84. The number of hydrogen-bond acceptors (Lipinski definition) is 2. The van der Waals surface area contributed by atoms with Crippen LogP contribution in [0.1, 0.15) is 38.7 Å².